The molecule has 0 spiro atoms. The van der Waals surface area contributed by atoms with E-state index in [0.717, 1.165) is 0 Å². The molecule has 0 aliphatic heterocycles. The van der Waals surface area contributed by atoms with Gasteiger partial charge in [0.2, 0.25) is 0 Å². The number of halogens is 3. The average Bonchev–Trinajstić information content (AvgIpc) is 1.59. The molecule has 0 radical (unpaired) electrons. The van der Waals surface area contributed by atoms with E-state index in [2.05, 4.69) is 6.58 Å². The van der Waals surface area contributed by atoms with Crippen LogP contribution in [0.3, 0.4) is 0 Å². The van der Waals surface area contributed by atoms with Gasteiger partial charge >= 0.3 is 64.3 Å². The van der Waals surface area contributed by atoms with Crippen LogP contribution in [0.2, 0.25) is 0 Å². The predicted octanol–water partition coefficient (Wildman–Crippen LogP) is 2.72. The molecule has 0 aromatic heterocycles. The van der Waals surface area contributed by atoms with Crippen LogP contribution in [0.15, 0.2) is 12.7 Å². The Bertz CT molecular complexity index is 79.1. The summed E-state index contributed by atoms with van der Waals surface area (Å²) in [5, 5.41) is 0. The van der Waals surface area contributed by atoms with Crippen LogP contribution in [0.25, 0.3) is 0 Å². The molecule has 5 heteroatoms. The summed E-state index contributed by atoms with van der Waals surface area (Å²) < 4.78 is 4.74. The first kappa shape index (κ1) is 9.28. The van der Waals surface area contributed by atoms with E-state index >= 15 is 0 Å². The molecule has 0 rings (SSSR count). The molecule has 48 valence electrons. The van der Waals surface area contributed by atoms with E-state index in [-0.39, 0.29) is 0 Å². The summed E-state index contributed by atoms with van der Waals surface area (Å²) in [7, 11) is 16.1. The van der Waals surface area contributed by atoms with Gasteiger partial charge in [-0.15, -0.1) is 0 Å². The second-order valence-electron chi connectivity index (χ2n) is 1.05. The molecule has 0 aromatic rings. The van der Waals surface area contributed by atoms with Gasteiger partial charge in [0.05, 0.1) is 0 Å². The normalized spacial score (nSPS) is 11.4. The number of hydrogen-bond acceptors (Lipinski definition) is 1. The second-order valence-corrected chi connectivity index (χ2v) is 11.9. The molecule has 0 unspecified atom stereocenters. The van der Waals surface area contributed by atoms with Gasteiger partial charge in [0.15, 0.2) is 0 Å². The standard InChI is InChI=1S/C3H5O.3ClH.Ti/c1-2-3-4;;;;/h2H,1,3H2;3*1H;/q-1;;;;+4/p-3. The Balaban J connectivity index is 3.24. The van der Waals surface area contributed by atoms with E-state index in [9.17, 15) is 0 Å². The van der Waals surface area contributed by atoms with Crippen molar-refractivity contribution >= 4 is 27.9 Å². The third-order valence-electron chi connectivity index (χ3n) is 0.365. The Kier molecular flexibility index (Phi) is 4.82. The molecular formula is C3H5Cl3OTi. The van der Waals surface area contributed by atoms with Crippen LogP contribution in [0.1, 0.15) is 0 Å². The monoisotopic (exact) mass is 210 g/mol. The molecule has 0 aromatic carbocycles. The second kappa shape index (κ2) is 4.16. The van der Waals surface area contributed by atoms with Crippen LogP contribution >= 0.6 is 27.9 Å². The zero-order valence-electron chi connectivity index (χ0n) is 4.03. The topological polar surface area (TPSA) is 9.23 Å². The van der Waals surface area contributed by atoms with Crippen molar-refractivity contribution in [2.45, 2.75) is 0 Å². The first-order valence-electron chi connectivity index (χ1n) is 1.88. The van der Waals surface area contributed by atoms with Crippen molar-refractivity contribution in [1.82, 2.24) is 0 Å². The van der Waals surface area contributed by atoms with Gasteiger partial charge in [-0.1, -0.05) is 0 Å². The van der Waals surface area contributed by atoms with Crippen molar-refractivity contribution < 1.29 is 17.1 Å². The molecule has 0 fully saturated rings. The molecule has 0 amide bonds. The molecule has 0 aliphatic rings. The molecule has 1 nitrogen and oxygen atoms in total. The minimum absolute atomic E-state index is 0.330. The van der Waals surface area contributed by atoms with Crippen molar-refractivity contribution in [3.63, 3.8) is 0 Å². The molecule has 0 heterocycles. The molecule has 0 N–H and O–H groups in total. The Morgan fingerprint density at radius 2 is 2.00 bits per heavy atom. The Morgan fingerprint density at radius 3 is 2.12 bits per heavy atom. The number of rotatable bonds is 3. The summed E-state index contributed by atoms with van der Waals surface area (Å²) in [4.78, 5) is 0. The van der Waals surface area contributed by atoms with Gasteiger partial charge in [0.25, 0.3) is 0 Å². The average molecular weight is 211 g/mol. The molecule has 0 saturated heterocycles. The summed E-state index contributed by atoms with van der Waals surface area (Å²) in [6, 6.07) is 0. The molecule has 8 heavy (non-hydrogen) atoms. The van der Waals surface area contributed by atoms with E-state index in [1.165, 1.54) is 0 Å². The van der Waals surface area contributed by atoms with Crippen molar-refractivity contribution in [2.75, 3.05) is 6.61 Å². The molecular weight excluding hydrogens is 206 g/mol. The first-order valence-corrected chi connectivity index (χ1v) is 8.96. The predicted molar refractivity (Wildman–Crippen MR) is 33.7 cm³/mol. The van der Waals surface area contributed by atoms with Crippen molar-refractivity contribution in [1.29, 1.82) is 0 Å². The van der Waals surface area contributed by atoms with Crippen molar-refractivity contribution in [3.8, 4) is 0 Å². The van der Waals surface area contributed by atoms with Gasteiger partial charge in [-0.05, 0) is 0 Å². The number of hydrogen-bond donors (Lipinski definition) is 0. The maximum absolute atomic E-state index is 5.36. The van der Waals surface area contributed by atoms with Gasteiger partial charge in [0, 0.05) is 0 Å². The summed E-state index contributed by atoms with van der Waals surface area (Å²) in [5.74, 6) is 0. The van der Waals surface area contributed by atoms with E-state index in [1.54, 1.807) is 6.08 Å². The van der Waals surface area contributed by atoms with Crippen LogP contribution in [-0.4, -0.2) is 6.61 Å². The van der Waals surface area contributed by atoms with Crippen LogP contribution in [0.4, 0.5) is 0 Å². The zero-order chi connectivity index (χ0) is 6.62. The summed E-state index contributed by atoms with van der Waals surface area (Å²) in [6.45, 7) is 3.72. The Labute approximate surface area is 64.0 Å². The van der Waals surface area contributed by atoms with E-state index in [4.69, 9.17) is 31.2 Å². The van der Waals surface area contributed by atoms with Gasteiger partial charge in [-0.3, -0.25) is 0 Å². The third-order valence-corrected chi connectivity index (χ3v) is 2.49. The van der Waals surface area contributed by atoms with Crippen molar-refractivity contribution in [3.05, 3.63) is 12.7 Å². The van der Waals surface area contributed by atoms with Crippen LogP contribution in [-0.2, 0) is 17.1 Å². The molecule has 0 atom stereocenters. The molecule has 0 bridgehead atoms. The van der Waals surface area contributed by atoms with Gasteiger partial charge < -0.3 is 0 Å². The maximum atomic E-state index is 5.36. The fourth-order valence-corrected chi connectivity index (χ4v) is 1.41. The SMILES string of the molecule is C=CC[O][Ti]([Cl])([Cl])[Cl]. The van der Waals surface area contributed by atoms with Gasteiger partial charge in [0.1, 0.15) is 0 Å². The molecule has 0 saturated carbocycles. The van der Waals surface area contributed by atoms with Crippen LogP contribution in [0.5, 0.6) is 0 Å². The third kappa shape index (κ3) is 7.28. The van der Waals surface area contributed by atoms with Gasteiger partial charge in [-0.2, -0.15) is 0 Å². The fraction of sp³-hybridized carbons (Fsp3) is 0.333. The summed E-state index contributed by atoms with van der Waals surface area (Å²) in [6.07, 6.45) is 1.55. The van der Waals surface area contributed by atoms with E-state index in [0.29, 0.717) is 6.61 Å². The Morgan fingerprint density at radius 1 is 1.50 bits per heavy atom. The van der Waals surface area contributed by atoms with Crippen LogP contribution < -0.4 is 0 Å². The summed E-state index contributed by atoms with van der Waals surface area (Å²) in [5.41, 5.74) is 0. The zero-order valence-corrected chi connectivity index (χ0v) is 7.86. The van der Waals surface area contributed by atoms with Crippen molar-refractivity contribution in [2.24, 2.45) is 0 Å². The quantitative estimate of drug-likeness (QED) is 0.515. The fourth-order valence-electron chi connectivity index (χ4n) is 0.153. The van der Waals surface area contributed by atoms with E-state index in [1.807, 2.05) is 0 Å². The first-order chi connectivity index (χ1) is 3.56. The minimum atomic E-state index is -3.26. The van der Waals surface area contributed by atoms with Gasteiger partial charge in [-0.25, -0.2) is 0 Å². The van der Waals surface area contributed by atoms with E-state index < -0.39 is 13.8 Å². The Hall–Kier alpha value is 1.28. The molecule has 0 aliphatic carbocycles. The van der Waals surface area contributed by atoms with Crippen LogP contribution in [0, 0.1) is 0 Å². The summed E-state index contributed by atoms with van der Waals surface area (Å²) >= 11 is -3.26.